The molecule has 2 amide bonds. The van der Waals surface area contributed by atoms with E-state index in [4.69, 9.17) is 4.74 Å². The van der Waals surface area contributed by atoms with Gasteiger partial charge >= 0.3 is 5.97 Å². The first kappa shape index (κ1) is 18.0. The highest BCUT2D eigenvalue weighted by atomic mass is 16.5. The molecule has 0 heterocycles. The molecule has 1 fully saturated rings. The van der Waals surface area contributed by atoms with Crippen molar-refractivity contribution in [1.82, 2.24) is 10.6 Å². The molecule has 2 rings (SSSR count). The zero-order chi connectivity index (χ0) is 17.4. The van der Waals surface area contributed by atoms with Crippen LogP contribution in [0.2, 0.25) is 0 Å². The molecule has 0 spiro atoms. The lowest BCUT2D eigenvalue weighted by Crippen LogP contribution is -2.43. The lowest BCUT2D eigenvalue weighted by molar-refractivity contribution is -0.147. The summed E-state index contributed by atoms with van der Waals surface area (Å²) >= 11 is 0. The Morgan fingerprint density at radius 1 is 1.12 bits per heavy atom. The van der Waals surface area contributed by atoms with Gasteiger partial charge in [0, 0.05) is 11.6 Å². The molecule has 0 saturated heterocycles. The average Bonchev–Trinajstić information content (AvgIpc) is 2.60. The van der Waals surface area contributed by atoms with Crippen molar-refractivity contribution in [2.24, 2.45) is 5.92 Å². The molecule has 130 valence electrons. The molecule has 2 atom stereocenters. The highest BCUT2D eigenvalue weighted by Gasteiger charge is 2.23. The van der Waals surface area contributed by atoms with Crippen LogP contribution in [0.3, 0.4) is 0 Å². The maximum atomic E-state index is 11.8. The Morgan fingerprint density at radius 2 is 1.83 bits per heavy atom. The molecule has 6 heteroatoms. The molecule has 1 aliphatic carbocycles. The second-order valence-electron chi connectivity index (χ2n) is 6.15. The van der Waals surface area contributed by atoms with Crippen molar-refractivity contribution in [2.45, 2.75) is 38.6 Å². The lowest BCUT2D eigenvalue weighted by Gasteiger charge is -2.29. The quantitative estimate of drug-likeness (QED) is 0.776. The fourth-order valence-electron chi connectivity index (χ4n) is 2.82. The topological polar surface area (TPSA) is 84.5 Å². The first-order valence-electron chi connectivity index (χ1n) is 8.34. The van der Waals surface area contributed by atoms with E-state index in [1.165, 1.54) is 6.42 Å². The first-order chi connectivity index (χ1) is 11.6. The standard InChI is InChI=1S/C18H24N2O4/c1-13-7-5-6-10-15(13)20-16(21)12-24-17(22)11-19-18(23)14-8-3-2-4-9-14/h2-4,8-9,13,15H,5-7,10-12H2,1H3,(H,19,23)(H,20,21)/t13-,15-/m0/s1. The molecule has 1 aromatic rings. The summed E-state index contributed by atoms with van der Waals surface area (Å²) in [5.74, 6) is -0.834. The van der Waals surface area contributed by atoms with E-state index in [0.29, 0.717) is 11.5 Å². The van der Waals surface area contributed by atoms with E-state index < -0.39 is 5.97 Å². The minimum absolute atomic E-state index is 0.155. The van der Waals surface area contributed by atoms with Gasteiger partial charge in [0.1, 0.15) is 6.54 Å². The normalized spacial score (nSPS) is 20.0. The van der Waals surface area contributed by atoms with E-state index in [1.807, 2.05) is 0 Å². The van der Waals surface area contributed by atoms with Gasteiger partial charge in [0.15, 0.2) is 6.61 Å². The van der Waals surface area contributed by atoms with E-state index in [0.717, 1.165) is 19.3 Å². The summed E-state index contributed by atoms with van der Waals surface area (Å²) in [6.07, 6.45) is 4.38. The Balaban J connectivity index is 1.65. The van der Waals surface area contributed by atoms with Gasteiger partial charge in [-0.25, -0.2) is 0 Å². The average molecular weight is 332 g/mol. The highest BCUT2D eigenvalue weighted by Crippen LogP contribution is 2.23. The maximum absolute atomic E-state index is 11.8. The van der Waals surface area contributed by atoms with Crippen molar-refractivity contribution in [1.29, 1.82) is 0 Å². The number of hydrogen-bond donors (Lipinski definition) is 2. The minimum Gasteiger partial charge on any atom is -0.454 e. The largest absolute Gasteiger partial charge is 0.454 e. The second kappa shape index (κ2) is 9.05. The summed E-state index contributed by atoms with van der Waals surface area (Å²) in [5.41, 5.74) is 0.467. The van der Waals surface area contributed by atoms with E-state index in [-0.39, 0.29) is 31.0 Å². The van der Waals surface area contributed by atoms with Gasteiger partial charge in [0.2, 0.25) is 0 Å². The number of hydrogen-bond acceptors (Lipinski definition) is 4. The van der Waals surface area contributed by atoms with Crippen molar-refractivity contribution in [2.75, 3.05) is 13.2 Å². The van der Waals surface area contributed by atoms with Crippen molar-refractivity contribution >= 4 is 17.8 Å². The van der Waals surface area contributed by atoms with Crippen molar-refractivity contribution < 1.29 is 19.1 Å². The number of carbonyl (C=O) groups is 3. The molecule has 0 aromatic heterocycles. The van der Waals surface area contributed by atoms with Crippen molar-refractivity contribution in [3.63, 3.8) is 0 Å². The zero-order valence-corrected chi connectivity index (χ0v) is 13.9. The Kier molecular flexibility index (Phi) is 6.78. The lowest BCUT2D eigenvalue weighted by atomic mass is 9.86. The zero-order valence-electron chi connectivity index (χ0n) is 13.9. The van der Waals surface area contributed by atoms with Crippen LogP contribution in [0.1, 0.15) is 43.0 Å². The van der Waals surface area contributed by atoms with Crippen LogP contribution in [0.4, 0.5) is 0 Å². The monoisotopic (exact) mass is 332 g/mol. The van der Waals surface area contributed by atoms with Crippen LogP contribution >= 0.6 is 0 Å². The Labute approximate surface area is 142 Å². The molecule has 0 unspecified atom stereocenters. The predicted molar refractivity (Wildman–Crippen MR) is 89.3 cm³/mol. The number of nitrogens with one attached hydrogen (secondary N) is 2. The number of benzene rings is 1. The van der Waals surface area contributed by atoms with Gasteiger partial charge in [-0.15, -0.1) is 0 Å². The number of esters is 1. The molecular weight excluding hydrogens is 308 g/mol. The van der Waals surface area contributed by atoms with Crippen LogP contribution in [-0.2, 0) is 14.3 Å². The number of carbonyl (C=O) groups excluding carboxylic acids is 3. The Morgan fingerprint density at radius 3 is 2.54 bits per heavy atom. The van der Waals surface area contributed by atoms with Crippen LogP contribution in [-0.4, -0.2) is 37.0 Å². The van der Waals surface area contributed by atoms with Crippen molar-refractivity contribution in [3.05, 3.63) is 35.9 Å². The number of amides is 2. The van der Waals surface area contributed by atoms with Gasteiger partial charge < -0.3 is 15.4 Å². The fraction of sp³-hybridized carbons (Fsp3) is 0.500. The molecule has 1 aliphatic rings. The summed E-state index contributed by atoms with van der Waals surface area (Å²) in [7, 11) is 0. The van der Waals surface area contributed by atoms with Crippen LogP contribution in [0.15, 0.2) is 30.3 Å². The smallest absolute Gasteiger partial charge is 0.325 e. The first-order valence-corrected chi connectivity index (χ1v) is 8.34. The van der Waals surface area contributed by atoms with Crippen molar-refractivity contribution in [3.8, 4) is 0 Å². The van der Waals surface area contributed by atoms with E-state index >= 15 is 0 Å². The number of rotatable bonds is 6. The third-order valence-electron chi connectivity index (χ3n) is 4.25. The van der Waals surface area contributed by atoms with Crippen LogP contribution in [0.25, 0.3) is 0 Å². The summed E-state index contributed by atoms with van der Waals surface area (Å²) in [6, 6.07) is 8.74. The molecule has 0 aliphatic heterocycles. The van der Waals surface area contributed by atoms with Gasteiger partial charge in [0.05, 0.1) is 0 Å². The summed E-state index contributed by atoms with van der Waals surface area (Å²) in [4.78, 5) is 35.3. The third kappa shape index (κ3) is 5.68. The molecule has 6 nitrogen and oxygen atoms in total. The summed E-state index contributed by atoms with van der Waals surface area (Å²) in [5, 5.41) is 5.38. The van der Waals surface area contributed by atoms with Crippen LogP contribution < -0.4 is 10.6 Å². The Hall–Kier alpha value is -2.37. The molecule has 0 bridgehead atoms. The molecule has 1 saturated carbocycles. The maximum Gasteiger partial charge on any atom is 0.325 e. The Bertz CT molecular complexity index is 574. The highest BCUT2D eigenvalue weighted by molar-refractivity contribution is 5.96. The van der Waals surface area contributed by atoms with E-state index in [1.54, 1.807) is 30.3 Å². The third-order valence-corrected chi connectivity index (χ3v) is 4.25. The molecule has 1 aromatic carbocycles. The molecule has 2 N–H and O–H groups in total. The van der Waals surface area contributed by atoms with E-state index in [2.05, 4.69) is 17.6 Å². The molecule has 0 radical (unpaired) electrons. The van der Waals surface area contributed by atoms with Crippen LogP contribution in [0, 0.1) is 5.92 Å². The molecular formula is C18H24N2O4. The summed E-state index contributed by atoms with van der Waals surface area (Å²) < 4.78 is 4.90. The molecule has 24 heavy (non-hydrogen) atoms. The van der Waals surface area contributed by atoms with Gasteiger partial charge in [-0.05, 0) is 30.9 Å². The van der Waals surface area contributed by atoms with Gasteiger partial charge in [0.25, 0.3) is 11.8 Å². The van der Waals surface area contributed by atoms with E-state index in [9.17, 15) is 14.4 Å². The SMILES string of the molecule is C[C@H]1CCCC[C@@H]1NC(=O)COC(=O)CNC(=O)c1ccccc1. The van der Waals surface area contributed by atoms with Crippen LogP contribution in [0.5, 0.6) is 0 Å². The summed E-state index contributed by atoms with van der Waals surface area (Å²) in [6.45, 7) is 1.54. The van der Waals surface area contributed by atoms with Gasteiger partial charge in [-0.3, -0.25) is 14.4 Å². The van der Waals surface area contributed by atoms with Gasteiger partial charge in [-0.2, -0.15) is 0 Å². The minimum atomic E-state index is -0.633. The second-order valence-corrected chi connectivity index (χ2v) is 6.15. The predicted octanol–water partition coefficient (Wildman–Crippen LogP) is 1.65. The fourth-order valence-corrected chi connectivity index (χ4v) is 2.82. The van der Waals surface area contributed by atoms with Gasteiger partial charge in [-0.1, -0.05) is 38.0 Å². The number of ether oxygens (including phenoxy) is 1.